The van der Waals surface area contributed by atoms with E-state index in [9.17, 15) is 19.7 Å². The predicted octanol–water partition coefficient (Wildman–Crippen LogP) is 3.69. The van der Waals surface area contributed by atoms with E-state index < -0.39 is 16.7 Å². The zero-order chi connectivity index (χ0) is 19.7. The zero-order valence-electron chi connectivity index (χ0n) is 13.9. The van der Waals surface area contributed by atoms with Crippen LogP contribution in [0.3, 0.4) is 0 Å². The van der Waals surface area contributed by atoms with Crippen molar-refractivity contribution in [1.29, 1.82) is 0 Å². The number of non-ortho nitro benzene ring substituents is 1. The number of carbonyl (C=O) groups is 2. The average molecular weight is 407 g/mol. The van der Waals surface area contributed by atoms with Gasteiger partial charge in [-0.3, -0.25) is 19.7 Å². The maximum absolute atomic E-state index is 12.3. The Hall–Kier alpha value is -2.97. The number of nitrogens with zero attached hydrogens (tertiary/aromatic N) is 3. The molecule has 1 heterocycles. The van der Waals surface area contributed by atoms with Gasteiger partial charge in [0.2, 0.25) is 0 Å². The SMILES string of the molecule is Cc1cc(Cl)c(N2N=C(NC(=O)c3cccc([N+](=O)[O-])c3)CC2=O)c(Cl)c1. The Kier molecular flexibility index (Phi) is 5.11. The Labute approximate surface area is 163 Å². The summed E-state index contributed by atoms with van der Waals surface area (Å²) in [5.74, 6) is -0.950. The minimum absolute atomic E-state index is 0.0733. The van der Waals surface area contributed by atoms with Gasteiger partial charge in [-0.1, -0.05) is 29.3 Å². The van der Waals surface area contributed by atoms with E-state index in [0.717, 1.165) is 16.6 Å². The third kappa shape index (κ3) is 3.91. The highest BCUT2D eigenvalue weighted by atomic mass is 35.5. The first-order chi connectivity index (χ1) is 12.8. The van der Waals surface area contributed by atoms with Gasteiger partial charge in [0.25, 0.3) is 17.5 Å². The second kappa shape index (κ2) is 7.34. The van der Waals surface area contributed by atoms with Crippen molar-refractivity contribution in [1.82, 2.24) is 5.32 Å². The number of nitro groups is 1. The molecule has 0 spiro atoms. The molecule has 0 aliphatic carbocycles. The Bertz CT molecular complexity index is 983. The van der Waals surface area contributed by atoms with Crippen LogP contribution in [0.4, 0.5) is 11.4 Å². The molecule has 1 N–H and O–H groups in total. The molecule has 0 atom stereocenters. The molecule has 0 saturated heterocycles. The van der Waals surface area contributed by atoms with E-state index in [1.54, 1.807) is 19.1 Å². The van der Waals surface area contributed by atoms with E-state index in [4.69, 9.17) is 23.2 Å². The van der Waals surface area contributed by atoms with Crippen molar-refractivity contribution in [3.63, 3.8) is 0 Å². The molecule has 0 fully saturated rings. The molecule has 2 amide bonds. The highest BCUT2D eigenvalue weighted by Crippen LogP contribution is 2.36. The van der Waals surface area contributed by atoms with Crippen molar-refractivity contribution < 1.29 is 14.5 Å². The highest BCUT2D eigenvalue weighted by molar-refractivity contribution is 6.40. The van der Waals surface area contributed by atoms with Gasteiger partial charge in [-0.05, 0) is 30.7 Å². The number of rotatable bonds is 3. The van der Waals surface area contributed by atoms with Gasteiger partial charge < -0.3 is 5.32 Å². The van der Waals surface area contributed by atoms with Crippen LogP contribution in [0.25, 0.3) is 0 Å². The largest absolute Gasteiger partial charge is 0.308 e. The number of carbonyl (C=O) groups excluding carboxylic acids is 2. The summed E-state index contributed by atoms with van der Waals surface area (Å²) in [5.41, 5.74) is 0.910. The summed E-state index contributed by atoms with van der Waals surface area (Å²) in [6.07, 6.45) is -0.165. The fourth-order valence-corrected chi connectivity index (χ4v) is 3.29. The first-order valence-corrected chi connectivity index (χ1v) is 8.43. The summed E-state index contributed by atoms with van der Waals surface area (Å²) in [6.45, 7) is 1.81. The number of hydrogen-bond acceptors (Lipinski definition) is 5. The quantitative estimate of drug-likeness (QED) is 0.619. The van der Waals surface area contributed by atoms with Gasteiger partial charge in [-0.15, -0.1) is 0 Å². The molecule has 138 valence electrons. The van der Waals surface area contributed by atoms with Crippen LogP contribution in [0.1, 0.15) is 22.3 Å². The number of hydrogen-bond donors (Lipinski definition) is 1. The molecule has 10 heteroatoms. The monoisotopic (exact) mass is 406 g/mol. The summed E-state index contributed by atoms with van der Waals surface area (Å²) in [5, 5.41) is 18.9. The van der Waals surface area contributed by atoms with Crippen LogP contribution in [0.15, 0.2) is 41.5 Å². The molecule has 2 aromatic rings. The predicted molar refractivity (Wildman–Crippen MR) is 101 cm³/mol. The Morgan fingerprint density at radius 2 is 1.93 bits per heavy atom. The van der Waals surface area contributed by atoms with E-state index in [1.165, 1.54) is 18.2 Å². The number of nitrogens with one attached hydrogen (secondary N) is 1. The third-order valence-electron chi connectivity index (χ3n) is 3.73. The minimum Gasteiger partial charge on any atom is -0.308 e. The molecule has 0 unspecified atom stereocenters. The van der Waals surface area contributed by atoms with E-state index in [1.807, 2.05) is 0 Å². The molecule has 1 aliphatic heterocycles. The fourth-order valence-electron chi connectivity index (χ4n) is 2.53. The highest BCUT2D eigenvalue weighted by Gasteiger charge is 2.30. The van der Waals surface area contributed by atoms with E-state index in [-0.39, 0.29) is 39.2 Å². The van der Waals surface area contributed by atoms with Gasteiger partial charge in [0, 0.05) is 17.7 Å². The van der Waals surface area contributed by atoms with Crippen LogP contribution in [-0.2, 0) is 4.79 Å². The normalized spacial score (nSPS) is 13.5. The number of nitro benzene ring substituents is 1. The number of benzene rings is 2. The summed E-state index contributed by atoms with van der Waals surface area (Å²) in [6, 6.07) is 8.52. The van der Waals surface area contributed by atoms with E-state index in [2.05, 4.69) is 10.4 Å². The molecule has 1 aliphatic rings. The topological polar surface area (TPSA) is 105 Å². The lowest BCUT2D eigenvalue weighted by Crippen LogP contribution is -2.29. The summed E-state index contributed by atoms with van der Waals surface area (Å²) < 4.78 is 0. The minimum atomic E-state index is -0.617. The standard InChI is InChI=1S/C17H12Cl2N4O4/c1-9-5-12(18)16(13(19)6-9)22-15(24)8-14(21-22)20-17(25)10-3-2-4-11(7-10)23(26)27/h2-7H,8H2,1H3,(H,20,21,25). The van der Waals surface area contributed by atoms with Crippen molar-refractivity contribution >= 4 is 52.2 Å². The first kappa shape index (κ1) is 18.8. The second-order valence-corrected chi connectivity index (χ2v) is 6.58. The van der Waals surface area contributed by atoms with Gasteiger partial charge in [-0.2, -0.15) is 10.1 Å². The Morgan fingerprint density at radius 3 is 2.56 bits per heavy atom. The van der Waals surface area contributed by atoms with E-state index in [0.29, 0.717) is 0 Å². The number of halogens is 2. The Balaban J connectivity index is 1.84. The van der Waals surface area contributed by atoms with Gasteiger partial charge in [0.1, 0.15) is 11.5 Å². The molecule has 2 aromatic carbocycles. The summed E-state index contributed by atoms with van der Waals surface area (Å²) >= 11 is 12.4. The number of hydrazone groups is 1. The van der Waals surface area contributed by atoms with Crippen LogP contribution in [0, 0.1) is 17.0 Å². The molecular formula is C17H12Cl2N4O4. The molecular weight excluding hydrogens is 395 g/mol. The zero-order valence-corrected chi connectivity index (χ0v) is 15.4. The lowest BCUT2D eigenvalue weighted by molar-refractivity contribution is -0.384. The van der Waals surface area contributed by atoms with Gasteiger partial charge >= 0.3 is 0 Å². The maximum Gasteiger partial charge on any atom is 0.270 e. The summed E-state index contributed by atoms with van der Waals surface area (Å²) in [7, 11) is 0. The van der Waals surface area contributed by atoms with Crippen molar-refractivity contribution in [3.8, 4) is 0 Å². The molecule has 3 rings (SSSR count). The van der Waals surface area contributed by atoms with E-state index >= 15 is 0 Å². The van der Waals surface area contributed by atoms with Crippen LogP contribution < -0.4 is 10.3 Å². The van der Waals surface area contributed by atoms with Crippen molar-refractivity contribution in [2.24, 2.45) is 5.10 Å². The van der Waals surface area contributed by atoms with Crippen LogP contribution in [-0.4, -0.2) is 22.6 Å². The first-order valence-electron chi connectivity index (χ1n) is 7.68. The lowest BCUT2D eigenvalue weighted by Gasteiger charge is -2.15. The lowest BCUT2D eigenvalue weighted by atomic mass is 10.2. The van der Waals surface area contributed by atoms with Crippen LogP contribution in [0.5, 0.6) is 0 Å². The van der Waals surface area contributed by atoms with Crippen molar-refractivity contribution in [3.05, 3.63) is 67.7 Å². The van der Waals surface area contributed by atoms with Gasteiger partial charge in [0.05, 0.1) is 21.4 Å². The van der Waals surface area contributed by atoms with Gasteiger partial charge in [0.15, 0.2) is 0 Å². The molecule has 0 bridgehead atoms. The van der Waals surface area contributed by atoms with Crippen molar-refractivity contribution in [2.75, 3.05) is 5.01 Å². The third-order valence-corrected chi connectivity index (χ3v) is 4.30. The number of anilines is 1. The number of amides is 2. The molecule has 0 saturated carbocycles. The summed E-state index contributed by atoms with van der Waals surface area (Å²) in [4.78, 5) is 34.8. The average Bonchev–Trinajstić information content (AvgIpc) is 2.94. The van der Waals surface area contributed by atoms with Crippen molar-refractivity contribution in [2.45, 2.75) is 13.3 Å². The number of aryl methyl sites for hydroxylation is 1. The molecule has 0 radical (unpaired) electrons. The van der Waals surface area contributed by atoms with Crippen LogP contribution in [0.2, 0.25) is 10.0 Å². The second-order valence-electron chi connectivity index (χ2n) is 5.77. The number of amidine groups is 1. The molecule has 27 heavy (non-hydrogen) atoms. The van der Waals surface area contributed by atoms with Crippen LogP contribution >= 0.6 is 23.2 Å². The Morgan fingerprint density at radius 1 is 1.26 bits per heavy atom. The fraction of sp³-hybridized carbons (Fsp3) is 0.118. The smallest absolute Gasteiger partial charge is 0.270 e. The molecule has 0 aromatic heterocycles. The molecule has 8 nitrogen and oxygen atoms in total. The van der Waals surface area contributed by atoms with Gasteiger partial charge in [-0.25, -0.2) is 0 Å². The maximum atomic E-state index is 12.3.